The van der Waals surface area contributed by atoms with Crippen molar-refractivity contribution in [3.8, 4) is 0 Å². The number of rotatable bonds is 4. The molecule has 0 spiro atoms. The summed E-state index contributed by atoms with van der Waals surface area (Å²) < 4.78 is 0. The first-order valence-electron chi connectivity index (χ1n) is 5.26. The zero-order chi connectivity index (χ0) is 9.78. The minimum absolute atomic E-state index is 0.452. The van der Waals surface area contributed by atoms with Gasteiger partial charge in [0, 0.05) is 0 Å². The third-order valence-corrected chi connectivity index (χ3v) is 3.02. The summed E-state index contributed by atoms with van der Waals surface area (Å²) in [5.41, 5.74) is 0.452. The summed E-state index contributed by atoms with van der Waals surface area (Å²) in [5.74, 6) is 1.65. The van der Waals surface area contributed by atoms with Crippen LogP contribution in [0.4, 0.5) is 0 Å². The quantitative estimate of drug-likeness (QED) is 0.588. The maximum absolute atomic E-state index is 4.04. The fourth-order valence-electron chi connectivity index (χ4n) is 2.34. The van der Waals surface area contributed by atoms with Gasteiger partial charge in [0.25, 0.3) is 0 Å². The van der Waals surface area contributed by atoms with Crippen molar-refractivity contribution in [1.29, 1.82) is 0 Å². The molecule has 0 aliphatic carbocycles. The molecule has 0 N–H and O–H groups in total. The van der Waals surface area contributed by atoms with E-state index in [2.05, 4.69) is 41.5 Å². The zero-order valence-corrected chi connectivity index (χ0v) is 9.48. The molecule has 0 amide bonds. The van der Waals surface area contributed by atoms with Gasteiger partial charge in [0.05, 0.1) is 0 Å². The highest BCUT2D eigenvalue weighted by atomic mass is 14.3. The van der Waals surface area contributed by atoms with E-state index in [0.29, 0.717) is 5.41 Å². The largest absolute Gasteiger partial charge is 0.0651 e. The van der Waals surface area contributed by atoms with Crippen molar-refractivity contribution in [3.05, 3.63) is 6.92 Å². The lowest BCUT2D eigenvalue weighted by Crippen LogP contribution is -2.27. The van der Waals surface area contributed by atoms with Crippen LogP contribution in [0.25, 0.3) is 0 Å². The van der Waals surface area contributed by atoms with Gasteiger partial charge in [0.15, 0.2) is 0 Å². The summed E-state index contributed by atoms with van der Waals surface area (Å²) >= 11 is 0. The molecule has 0 aliphatic heterocycles. The van der Waals surface area contributed by atoms with Crippen molar-refractivity contribution >= 4 is 0 Å². The maximum Gasteiger partial charge on any atom is -0.0340 e. The van der Waals surface area contributed by atoms with Crippen molar-refractivity contribution in [2.24, 2.45) is 17.3 Å². The molecule has 12 heavy (non-hydrogen) atoms. The molecule has 0 aromatic carbocycles. The van der Waals surface area contributed by atoms with Gasteiger partial charge in [-0.15, -0.1) is 0 Å². The Hall–Kier alpha value is 0. The fourth-order valence-corrected chi connectivity index (χ4v) is 2.34. The molecule has 1 radical (unpaired) electrons. The van der Waals surface area contributed by atoms with Crippen LogP contribution in [-0.2, 0) is 0 Å². The normalized spacial score (nSPS) is 15.2. The Morgan fingerprint density at radius 2 is 1.58 bits per heavy atom. The molecule has 2 atom stereocenters. The van der Waals surface area contributed by atoms with Gasteiger partial charge < -0.3 is 0 Å². The maximum atomic E-state index is 4.04. The lowest BCUT2D eigenvalue weighted by atomic mass is 9.70. The van der Waals surface area contributed by atoms with Crippen molar-refractivity contribution in [2.45, 2.75) is 53.9 Å². The van der Waals surface area contributed by atoms with E-state index in [-0.39, 0.29) is 0 Å². The van der Waals surface area contributed by atoms with Crippen LogP contribution >= 0.6 is 0 Å². The standard InChI is InChI=1S/C12H25/c1-7-10(8-2)11(9-3)12(4,5)6/h10-11H,1,7-9H2,2-6H3. The minimum atomic E-state index is 0.452. The molecule has 0 fully saturated rings. The molecule has 0 heteroatoms. The second kappa shape index (κ2) is 4.89. The Bertz CT molecular complexity index is 104. The predicted octanol–water partition coefficient (Wildman–Crippen LogP) is 4.31. The lowest BCUT2D eigenvalue weighted by molar-refractivity contribution is 0.148. The molecular weight excluding hydrogens is 144 g/mol. The summed E-state index contributed by atoms with van der Waals surface area (Å²) in [5, 5.41) is 0. The van der Waals surface area contributed by atoms with Crippen LogP contribution in [0, 0.1) is 24.2 Å². The molecule has 0 aromatic rings. The van der Waals surface area contributed by atoms with Gasteiger partial charge in [0.2, 0.25) is 0 Å². The number of hydrogen-bond acceptors (Lipinski definition) is 0. The fraction of sp³-hybridized carbons (Fsp3) is 0.917. The zero-order valence-electron chi connectivity index (χ0n) is 9.48. The van der Waals surface area contributed by atoms with Crippen molar-refractivity contribution in [3.63, 3.8) is 0 Å². The van der Waals surface area contributed by atoms with Gasteiger partial charge in [-0.2, -0.15) is 0 Å². The third kappa shape index (κ3) is 3.16. The summed E-state index contributed by atoms with van der Waals surface area (Å²) in [6.07, 6.45) is 3.66. The van der Waals surface area contributed by atoms with Gasteiger partial charge in [0.1, 0.15) is 0 Å². The Morgan fingerprint density at radius 3 is 1.67 bits per heavy atom. The minimum Gasteiger partial charge on any atom is -0.0651 e. The Morgan fingerprint density at radius 1 is 1.08 bits per heavy atom. The molecule has 0 aromatic heterocycles. The molecule has 2 unspecified atom stereocenters. The van der Waals surface area contributed by atoms with Crippen LogP contribution in [0.15, 0.2) is 0 Å². The first-order chi connectivity index (χ1) is 5.47. The number of hydrogen-bond donors (Lipinski definition) is 0. The average molecular weight is 169 g/mol. The van der Waals surface area contributed by atoms with Gasteiger partial charge in [-0.05, 0) is 17.3 Å². The highest BCUT2D eigenvalue weighted by molar-refractivity contribution is 4.79. The van der Waals surface area contributed by atoms with Gasteiger partial charge >= 0.3 is 0 Å². The van der Waals surface area contributed by atoms with Crippen molar-refractivity contribution in [2.75, 3.05) is 0 Å². The highest BCUT2D eigenvalue weighted by Gasteiger charge is 2.28. The average Bonchev–Trinajstić information content (AvgIpc) is 1.97. The molecule has 73 valence electrons. The predicted molar refractivity (Wildman–Crippen MR) is 57.0 cm³/mol. The van der Waals surface area contributed by atoms with Crippen LogP contribution in [-0.4, -0.2) is 0 Å². The molecule has 0 aliphatic rings. The van der Waals surface area contributed by atoms with E-state index >= 15 is 0 Å². The van der Waals surface area contributed by atoms with E-state index in [1.807, 2.05) is 0 Å². The summed E-state index contributed by atoms with van der Waals surface area (Å²) in [6.45, 7) is 15.7. The van der Waals surface area contributed by atoms with E-state index < -0.39 is 0 Å². The smallest absolute Gasteiger partial charge is 0.0340 e. The van der Waals surface area contributed by atoms with Crippen LogP contribution in [0.2, 0.25) is 0 Å². The van der Waals surface area contributed by atoms with Crippen LogP contribution in [0.3, 0.4) is 0 Å². The molecule has 0 saturated heterocycles. The Balaban J connectivity index is 4.31. The van der Waals surface area contributed by atoms with Crippen LogP contribution in [0.1, 0.15) is 53.9 Å². The van der Waals surface area contributed by atoms with E-state index in [1.165, 1.54) is 12.8 Å². The van der Waals surface area contributed by atoms with E-state index in [0.717, 1.165) is 18.3 Å². The van der Waals surface area contributed by atoms with Gasteiger partial charge in [-0.3, -0.25) is 0 Å². The first kappa shape index (κ1) is 12.0. The second-order valence-corrected chi connectivity index (χ2v) is 4.84. The molecule has 0 rings (SSSR count). The molecule has 0 bridgehead atoms. The topological polar surface area (TPSA) is 0 Å². The Kier molecular flexibility index (Phi) is 4.89. The van der Waals surface area contributed by atoms with Crippen LogP contribution in [0.5, 0.6) is 0 Å². The van der Waals surface area contributed by atoms with Crippen molar-refractivity contribution in [1.82, 2.24) is 0 Å². The Labute approximate surface area is 78.8 Å². The van der Waals surface area contributed by atoms with Gasteiger partial charge in [-0.25, -0.2) is 0 Å². The third-order valence-electron chi connectivity index (χ3n) is 3.02. The first-order valence-corrected chi connectivity index (χ1v) is 5.26. The highest BCUT2D eigenvalue weighted by Crippen LogP contribution is 2.37. The summed E-state index contributed by atoms with van der Waals surface area (Å²) in [4.78, 5) is 0. The molecule has 0 saturated carbocycles. The van der Waals surface area contributed by atoms with E-state index in [9.17, 15) is 0 Å². The molecule has 0 nitrogen and oxygen atoms in total. The second-order valence-electron chi connectivity index (χ2n) is 4.84. The van der Waals surface area contributed by atoms with Crippen LogP contribution < -0.4 is 0 Å². The van der Waals surface area contributed by atoms with E-state index in [4.69, 9.17) is 0 Å². The lowest BCUT2D eigenvalue weighted by Gasteiger charge is -2.35. The van der Waals surface area contributed by atoms with Crippen molar-refractivity contribution < 1.29 is 0 Å². The molecule has 0 heterocycles. The molecular formula is C12H25. The summed E-state index contributed by atoms with van der Waals surface area (Å²) in [6, 6.07) is 0. The monoisotopic (exact) mass is 169 g/mol. The van der Waals surface area contributed by atoms with Gasteiger partial charge in [-0.1, -0.05) is 60.8 Å². The van der Waals surface area contributed by atoms with E-state index in [1.54, 1.807) is 0 Å². The summed E-state index contributed by atoms with van der Waals surface area (Å²) in [7, 11) is 0. The SMILES string of the molecule is [CH2]CC(CC)C(CC)C(C)(C)C.